The van der Waals surface area contributed by atoms with Gasteiger partial charge in [-0.1, -0.05) is 31.5 Å². The average molecular weight is 372 g/mol. The molecular formula is C18H30ClN3OS. The van der Waals surface area contributed by atoms with Crippen LogP contribution in [0.3, 0.4) is 0 Å². The summed E-state index contributed by atoms with van der Waals surface area (Å²) in [7, 11) is 0. The zero-order valence-electron chi connectivity index (χ0n) is 14.9. The van der Waals surface area contributed by atoms with Gasteiger partial charge in [0.25, 0.3) is 0 Å². The van der Waals surface area contributed by atoms with Crippen molar-refractivity contribution in [2.75, 3.05) is 31.9 Å². The maximum absolute atomic E-state index is 12.1. The van der Waals surface area contributed by atoms with Crippen LogP contribution in [0.25, 0.3) is 0 Å². The van der Waals surface area contributed by atoms with Crippen LogP contribution in [0.4, 0.5) is 0 Å². The number of benzene rings is 1. The summed E-state index contributed by atoms with van der Waals surface area (Å²) in [5, 5.41) is 3.02. The minimum atomic E-state index is 0. The van der Waals surface area contributed by atoms with E-state index in [2.05, 4.69) is 55.3 Å². The Balaban J connectivity index is 0.00000288. The number of amides is 1. The van der Waals surface area contributed by atoms with Crippen LogP contribution in [0.5, 0.6) is 0 Å². The van der Waals surface area contributed by atoms with Gasteiger partial charge in [0.2, 0.25) is 5.91 Å². The minimum absolute atomic E-state index is 0. The van der Waals surface area contributed by atoms with Gasteiger partial charge in [0, 0.05) is 36.3 Å². The van der Waals surface area contributed by atoms with E-state index < -0.39 is 0 Å². The number of hydrogen-bond donors (Lipinski definition) is 2. The van der Waals surface area contributed by atoms with Gasteiger partial charge in [0.15, 0.2) is 0 Å². The highest BCUT2D eigenvalue weighted by molar-refractivity contribution is 7.99. The van der Waals surface area contributed by atoms with E-state index in [1.165, 1.54) is 10.5 Å². The van der Waals surface area contributed by atoms with Crippen LogP contribution in [0, 0.1) is 12.3 Å². The molecule has 24 heavy (non-hydrogen) atoms. The molecule has 6 heteroatoms. The number of hydrogen-bond acceptors (Lipinski definition) is 4. The van der Waals surface area contributed by atoms with E-state index in [1.54, 1.807) is 11.8 Å². The fraction of sp³-hybridized carbons (Fsp3) is 0.611. The number of nitrogens with two attached hydrogens (primary N) is 1. The van der Waals surface area contributed by atoms with Crippen molar-refractivity contribution in [2.24, 2.45) is 11.1 Å². The topological polar surface area (TPSA) is 58.4 Å². The molecule has 1 atom stereocenters. The summed E-state index contributed by atoms with van der Waals surface area (Å²) < 4.78 is 0. The molecule has 1 aliphatic heterocycles. The van der Waals surface area contributed by atoms with Crippen molar-refractivity contribution in [3.05, 3.63) is 29.8 Å². The fourth-order valence-electron chi connectivity index (χ4n) is 2.87. The molecule has 2 rings (SSSR count). The first-order chi connectivity index (χ1) is 10.9. The molecule has 1 aliphatic rings. The van der Waals surface area contributed by atoms with Gasteiger partial charge in [-0.05, 0) is 30.9 Å². The monoisotopic (exact) mass is 371 g/mol. The van der Waals surface area contributed by atoms with E-state index in [0.717, 1.165) is 25.3 Å². The van der Waals surface area contributed by atoms with E-state index in [0.29, 0.717) is 13.1 Å². The summed E-state index contributed by atoms with van der Waals surface area (Å²) in [6, 6.07) is 8.71. The number of thioether (sulfide) groups is 1. The number of likely N-dealkylation sites (tertiary alicyclic amines) is 1. The van der Waals surface area contributed by atoms with E-state index in [-0.39, 0.29) is 29.8 Å². The molecule has 0 spiro atoms. The maximum atomic E-state index is 12.1. The van der Waals surface area contributed by atoms with Crippen molar-refractivity contribution in [2.45, 2.75) is 38.1 Å². The lowest BCUT2D eigenvalue weighted by Crippen LogP contribution is -2.54. The third-order valence-electron chi connectivity index (χ3n) is 4.47. The van der Waals surface area contributed by atoms with Crippen LogP contribution in [-0.2, 0) is 4.79 Å². The first-order valence-corrected chi connectivity index (χ1v) is 9.29. The molecule has 1 aromatic carbocycles. The second kappa shape index (κ2) is 9.66. The van der Waals surface area contributed by atoms with E-state index in [1.807, 2.05) is 0 Å². The van der Waals surface area contributed by atoms with E-state index in [4.69, 9.17) is 5.73 Å². The van der Waals surface area contributed by atoms with Gasteiger partial charge in [-0.15, -0.1) is 24.2 Å². The number of nitrogens with one attached hydrogen (secondary N) is 1. The predicted octanol–water partition coefficient (Wildman–Crippen LogP) is 2.68. The highest BCUT2D eigenvalue weighted by Crippen LogP contribution is 2.27. The molecule has 1 aromatic rings. The number of rotatable bonds is 6. The number of carbonyl (C=O) groups excluding carboxylic acids is 1. The van der Waals surface area contributed by atoms with Crippen molar-refractivity contribution in [1.82, 2.24) is 10.2 Å². The van der Waals surface area contributed by atoms with Crippen LogP contribution in [0.15, 0.2) is 29.2 Å². The highest BCUT2D eigenvalue weighted by atomic mass is 35.5. The summed E-state index contributed by atoms with van der Waals surface area (Å²) in [6.45, 7) is 9.43. The Kier molecular flexibility index (Phi) is 8.57. The largest absolute Gasteiger partial charge is 0.354 e. The van der Waals surface area contributed by atoms with E-state index >= 15 is 0 Å². The van der Waals surface area contributed by atoms with Crippen molar-refractivity contribution >= 4 is 30.1 Å². The predicted molar refractivity (Wildman–Crippen MR) is 105 cm³/mol. The molecule has 0 bridgehead atoms. The second-order valence-corrected chi connectivity index (χ2v) is 8.27. The summed E-state index contributed by atoms with van der Waals surface area (Å²) >= 11 is 1.77. The Labute approximate surface area is 156 Å². The summed E-state index contributed by atoms with van der Waals surface area (Å²) in [4.78, 5) is 15.5. The van der Waals surface area contributed by atoms with Gasteiger partial charge < -0.3 is 11.1 Å². The molecule has 0 aromatic heterocycles. The van der Waals surface area contributed by atoms with Crippen LogP contribution >= 0.6 is 24.2 Å². The standard InChI is InChI=1S/C18H29N3OS.ClH/c1-14-4-6-15(7-5-14)23-11-9-20-17(22)12-21-10-8-16(19)18(2,3)13-21;/h4-7,16H,8-13,19H2,1-3H3,(H,20,22);1H. The zero-order valence-corrected chi connectivity index (χ0v) is 16.5. The van der Waals surface area contributed by atoms with Crippen LogP contribution < -0.4 is 11.1 Å². The molecule has 1 saturated heterocycles. The smallest absolute Gasteiger partial charge is 0.234 e. The summed E-state index contributed by atoms with van der Waals surface area (Å²) in [6.07, 6.45) is 0.962. The second-order valence-electron chi connectivity index (χ2n) is 7.11. The third-order valence-corrected chi connectivity index (χ3v) is 5.49. The number of carbonyl (C=O) groups is 1. The minimum Gasteiger partial charge on any atom is -0.354 e. The third kappa shape index (κ3) is 6.63. The lowest BCUT2D eigenvalue weighted by molar-refractivity contribution is -0.122. The molecule has 4 nitrogen and oxygen atoms in total. The lowest BCUT2D eigenvalue weighted by Gasteiger charge is -2.42. The summed E-state index contributed by atoms with van der Waals surface area (Å²) in [5.74, 6) is 1.01. The van der Waals surface area contributed by atoms with Crippen LogP contribution in [-0.4, -0.2) is 48.8 Å². The number of nitrogens with zero attached hydrogens (tertiary/aromatic N) is 1. The van der Waals surface area contributed by atoms with Gasteiger partial charge >= 0.3 is 0 Å². The van der Waals surface area contributed by atoms with Crippen molar-refractivity contribution in [3.63, 3.8) is 0 Å². The normalized spacial score (nSPS) is 20.2. The molecule has 0 aliphatic carbocycles. The summed E-state index contributed by atoms with van der Waals surface area (Å²) in [5.41, 5.74) is 7.49. The van der Waals surface area contributed by atoms with Gasteiger partial charge in [-0.3, -0.25) is 9.69 Å². The molecule has 3 N–H and O–H groups in total. The van der Waals surface area contributed by atoms with Crippen molar-refractivity contribution in [1.29, 1.82) is 0 Å². The van der Waals surface area contributed by atoms with Crippen LogP contribution in [0.1, 0.15) is 25.8 Å². The molecule has 1 amide bonds. The van der Waals surface area contributed by atoms with Gasteiger partial charge in [-0.2, -0.15) is 0 Å². The SMILES string of the molecule is Cc1ccc(SCCNC(=O)CN2CCC(N)C(C)(C)C2)cc1.Cl. The van der Waals surface area contributed by atoms with Crippen LogP contribution in [0.2, 0.25) is 0 Å². The highest BCUT2D eigenvalue weighted by Gasteiger charge is 2.33. The number of piperidine rings is 1. The molecule has 136 valence electrons. The molecular weight excluding hydrogens is 342 g/mol. The molecule has 1 fully saturated rings. The average Bonchev–Trinajstić information content (AvgIpc) is 2.49. The molecule has 0 saturated carbocycles. The zero-order chi connectivity index (χ0) is 16.9. The van der Waals surface area contributed by atoms with Gasteiger partial charge in [0.1, 0.15) is 0 Å². The molecule has 0 radical (unpaired) electrons. The Bertz CT molecular complexity index is 522. The fourth-order valence-corrected chi connectivity index (χ4v) is 3.64. The first kappa shape index (κ1) is 21.3. The van der Waals surface area contributed by atoms with Gasteiger partial charge in [-0.25, -0.2) is 0 Å². The Morgan fingerprint density at radius 1 is 1.38 bits per heavy atom. The Morgan fingerprint density at radius 2 is 2.04 bits per heavy atom. The quantitative estimate of drug-likeness (QED) is 0.596. The lowest BCUT2D eigenvalue weighted by atomic mass is 9.80. The first-order valence-electron chi connectivity index (χ1n) is 8.31. The molecule has 1 heterocycles. The van der Waals surface area contributed by atoms with Gasteiger partial charge in [0.05, 0.1) is 6.54 Å². The maximum Gasteiger partial charge on any atom is 0.234 e. The van der Waals surface area contributed by atoms with Crippen molar-refractivity contribution in [3.8, 4) is 0 Å². The van der Waals surface area contributed by atoms with Crippen molar-refractivity contribution < 1.29 is 4.79 Å². The Morgan fingerprint density at radius 3 is 2.67 bits per heavy atom. The molecule has 1 unspecified atom stereocenters. The Hall–Kier alpha value is -0.750. The van der Waals surface area contributed by atoms with E-state index in [9.17, 15) is 4.79 Å². The number of aryl methyl sites for hydroxylation is 1. The number of halogens is 1.